The van der Waals surface area contributed by atoms with Gasteiger partial charge in [-0.3, -0.25) is 0 Å². The number of allylic oxidation sites excluding steroid dienone is 6. The lowest BCUT2D eigenvalue weighted by atomic mass is 9.80. The van der Waals surface area contributed by atoms with Crippen LogP contribution in [0.15, 0.2) is 162 Å². The first-order valence-corrected chi connectivity index (χ1v) is 16.5. The minimum atomic E-state index is -0.260. The number of aliphatic imine (C=N–C) groups is 1. The fourth-order valence-corrected chi connectivity index (χ4v) is 8.20. The molecule has 0 saturated heterocycles. The number of hydrogen-bond donors (Lipinski definition) is 1. The summed E-state index contributed by atoms with van der Waals surface area (Å²) in [5.74, 6) is 0.670. The zero-order valence-electron chi connectivity index (χ0n) is 26.3. The number of rotatable bonds is 4. The highest BCUT2D eigenvalue weighted by Gasteiger charge is 2.44. The average molecular weight is 596 g/mol. The minimum absolute atomic E-state index is 0.0346. The third-order valence-corrected chi connectivity index (χ3v) is 10.6. The summed E-state index contributed by atoms with van der Waals surface area (Å²) in [7, 11) is 0. The fourth-order valence-electron chi connectivity index (χ4n) is 8.20. The van der Waals surface area contributed by atoms with Crippen LogP contribution in [0.3, 0.4) is 0 Å². The Kier molecular flexibility index (Phi) is 6.18. The van der Waals surface area contributed by atoms with Crippen LogP contribution in [0.5, 0.6) is 0 Å². The molecule has 2 heterocycles. The van der Waals surface area contributed by atoms with Crippen molar-refractivity contribution in [3.63, 3.8) is 0 Å². The predicted octanol–water partition coefficient (Wildman–Crippen LogP) is 9.32. The highest BCUT2D eigenvalue weighted by molar-refractivity contribution is 6.10. The Labute approximate surface area is 271 Å². The highest BCUT2D eigenvalue weighted by atomic mass is 15.4. The summed E-state index contributed by atoms with van der Waals surface area (Å²) in [6.45, 7) is 4.74. The molecule has 0 radical (unpaired) electrons. The van der Waals surface area contributed by atoms with Crippen LogP contribution in [-0.4, -0.2) is 18.0 Å². The second-order valence-corrected chi connectivity index (χ2v) is 13.5. The Bertz CT molecular complexity index is 2040. The Morgan fingerprint density at radius 2 is 1.54 bits per heavy atom. The molecule has 1 N–H and O–H groups in total. The number of fused-ring (bicyclic) bond motifs is 6. The maximum absolute atomic E-state index is 5.44. The third kappa shape index (κ3) is 4.22. The monoisotopic (exact) mass is 595 g/mol. The lowest BCUT2D eigenvalue weighted by Crippen LogP contribution is -2.50. The molecule has 0 amide bonds. The first kappa shape index (κ1) is 27.2. The second-order valence-electron chi connectivity index (χ2n) is 13.5. The average Bonchev–Trinajstić information content (AvgIpc) is 3.56. The third-order valence-electron chi connectivity index (χ3n) is 10.6. The Balaban J connectivity index is 1.14. The lowest BCUT2D eigenvalue weighted by molar-refractivity contribution is 0.512. The van der Waals surface area contributed by atoms with E-state index in [-0.39, 0.29) is 23.7 Å². The van der Waals surface area contributed by atoms with Gasteiger partial charge in [-0.05, 0) is 63.1 Å². The molecule has 4 aromatic carbocycles. The predicted molar refractivity (Wildman–Crippen MR) is 190 cm³/mol. The molecular weight excluding hydrogens is 558 g/mol. The van der Waals surface area contributed by atoms with Crippen molar-refractivity contribution in [2.75, 3.05) is 4.90 Å². The van der Waals surface area contributed by atoms with Gasteiger partial charge in [-0.1, -0.05) is 147 Å². The molecule has 3 aliphatic carbocycles. The minimum Gasteiger partial charge on any atom is -0.346 e. The van der Waals surface area contributed by atoms with Crippen LogP contribution in [0.4, 0.5) is 5.69 Å². The summed E-state index contributed by atoms with van der Waals surface area (Å²) >= 11 is 0. The molecule has 46 heavy (non-hydrogen) atoms. The van der Waals surface area contributed by atoms with E-state index in [9.17, 15) is 0 Å². The van der Waals surface area contributed by atoms with Crippen LogP contribution >= 0.6 is 0 Å². The summed E-state index contributed by atoms with van der Waals surface area (Å²) in [6.07, 6.45) is 19.1. The molecule has 0 aromatic heterocycles. The fraction of sp³-hybridized carbons (Fsp3) is 0.186. The van der Waals surface area contributed by atoms with Crippen molar-refractivity contribution >= 4 is 11.4 Å². The molecular formula is C43H37N3. The largest absolute Gasteiger partial charge is 0.346 e. The molecule has 0 saturated carbocycles. The normalized spacial score (nSPS) is 24.7. The summed E-state index contributed by atoms with van der Waals surface area (Å²) in [6, 6.07) is 35.5. The molecule has 3 heteroatoms. The van der Waals surface area contributed by atoms with Crippen LogP contribution in [-0.2, 0) is 5.41 Å². The smallest absolute Gasteiger partial charge is 0.197 e. The Hall–Kier alpha value is -5.15. The summed E-state index contributed by atoms with van der Waals surface area (Å²) in [5, 5.41) is 3.92. The van der Waals surface area contributed by atoms with Gasteiger partial charge < -0.3 is 10.2 Å². The van der Waals surface area contributed by atoms with Gasteiger partial charge in [0.05, 0.1) is 11.8 Å². The van der Waals surface area contributed by atoms with Crippen molar-refractivity contribution in [3.8, 4) is 11.1 Å². The first-order chi connectivity index (χ1) is 22.6. The molecule has 4 unspecified atom stereocenters. The van der Waals surface area contributed by atoms with Gasteiger partial charge in [0.2, 0.25) is 0 Å². The van der Waals surface area contributed by atoms with Gasteiger partial charge in [-0.15, -0.1) is 0 Å². The van der Waals surface area contributed by atoms with Crippen molar-refractivity contribution < 1.29 is 0 Å². The van der Waals surface area contributed by atoms with E-state index < -0.39 is 0 Å². The van der Waals surface area contributed by atoms with E-state index in [1.165, 1.54) is 44.6 Å². The van der Waals surface area contributed by atoms with Crippen LogP contribution < -0.4 is 10.2 Å². The quantitative estimate of drug-likeness (QED) is 0.255. The summed E-state index contributed by atoms with van der Waals surface area (Å²) < 4.78 is 0. The molecule has 9 rings (SSSR count). The summed E-state index contributed by atoms with van der Waals surface area (Å²) in [4.78, 5) is 7.98. The van der Waals surface area contributed by atoms with E-state index in [4.69, 9.17) is 4.99 Å². The van der Waals surface area contributed by atoms with Crippen molar-refractivity contribution in [1.82, 2.24) is 5.32 Å². The number of anilines is 1. The van der Waals surface area contributed by atoms with E-state index in [2.05, 4.69) is 170 Å². The van der Waals surface area contributed by atoms with Gasteiger partial charge >= 0.3 is 0 Å². The summed E-state index contributed by atoms with van der Waals surface area (Å²) in [5.41, 5.74) is 14.0. The maximum atomic E-state index is 5.44. The first-order valence-electron chi connectivity index (χ1n) is 16.5. The molecule has 0 spiro atoms. The number of benzene rings is 4. The van der Waals surface area contributed by atoms with Crippen molar-refractivity contribution in [3.05, 3.63) is 185 Å². The topological polar surface area (TPSA) is 27.6 Å². The van der Waals surface area contributed by atoms with E-state index in [1.54, 1.807) is 0 Å². The number of hydrogen-bond acceptors (Lipinski definition) is 3. The molecule has 4 atom stereocenters. The zero-order valence-corrected chi connectivity index (χ0v) is 26.3. The molecule has 5 aliphatic rings. The highest BCUT2D eigenvalue weighted by Crippen LogP contribution is 2.54. The van der Waals surface area contributed by atoms with Crippen LogP contribution in [0.25, 0.3) is 11.1 Å². The van der Waals surface area contributed by atoms with E-state index >= 15 is 0 Å². The Morgan fingerprint density at radius 1 is 0.783 bits per heavy atom. The number of nitrogens with zero attached hydrogens (tertiary/aromatic N) is 2. The van der Waals surface area contributed by atoms with Crippen molar-refractivity contribution in [2.45, 2.75) is 49.9 Å². The molecule has 3 nitrogen and oxygen atoms in total. The molecule has 4 aromatic rings. The van der Waals surface area contributed by atoms with E-state index in [0.717, 1.165) is 23.4 Å². The van der Waals surface area contributed by atoms with Gasteiger partial charge in [-0.25, -0.2) is 4.99 Å². The molecule has 224 valence electrons. The molecule has 0 fully saturated rings. The zero-order chi connectivity index (χ0) is 30.8. The van der Waals surface area contributed by atoms with Crippen LogP contribution in [0.1, 0.15) is 59.9 Å². The number of nitrogens with one attached hydrogen (secondary N) is 1. The van der Waals surface area contributed by atoms with Gasteiger partial charge in [-0.2, -0.15) is 0 Å². The van der Waals surface area contributed by atoms with E-state index in [1.807, 2.05) is 0 Å². The van der Waals surface area contributed by atoms with Gasteiger partial charge in [0.25, 0.3) is 0 Å². The lowest BCUT2D eigenvalue weighted by Gasteiger charge is -2.37. The van der Waals surface area contributed by atoms with Gasteiger partial charge in [0.1, 0.15) is 0 Å². The van der Waals surface area contributed by atoms with Gasteiger partial charge in [0.15, 0.2) is 6.29 Å². The van der Waals surface area contributed by atoms with Crippen LogP contribution in [0, 0.1) is 0 Å². The molecule has 2 aliphatic heterocycles. The maximum Gasteiger partial charge on any atom is 0.197 e. The van der Waals surface area contributed by atoms with Gasteiger partial charge in [0, 0.05) is 28.6 Å². The second kappa shape index (κ2) is 10.5. The molecule has 0 bridgehead atoms. The van der Waals surface area contributed by atoms with Crippen molar-refractivity contribution in [2.24, 2.45) is 4.99 Å². The SMILES string of the molecule is CC1(C)c2ccccc2-c2cc3c(cc21)C1C=CC=CC1N3C1N=C(c2ccccc2)C=C(C2=CCC(c3ccccc3)C=C2)N1. The van der Waals surface area contributed by atoms with E-state index in [0.29, 0.717) is 5.92 Å². The standard InChI is InChI=1S/C43H37N3/c1-43(2)36-19-11-9-17-32(36)34-26-41-35(25-37(34)43)33-18-10-12-20-40(33)46(41)42-44-38(30-15-7-4-8-16-30)27-39(45-42)31-23-21-29(22-24-31)28-13-5-3-6-14-28/h3-21,23-27,29,33,40,42,45H,22H2,1-2H3. The van der Waals surface area contributed by atoms with Crippen molar-refractivity contribution in [1.29, 1.82) is 0 Å². The van der Waals surface area contributed by atoms with Crippen LogP contribution in [0.2, 0.25) is 0 Å². The Morgan fingerprint density at radius 3 is 2.35 bits per heavy atom.